The molecule has 0 saturated carbocycles. The molecule has 0 radical (unpaired) electrons. The van der Waals surface area contributed by atoms with E-state index in [0.717, 1.165) is 29.0 Å². The van der Waals surface area contributed by atoms with Crippen molar-refractivity contribution < 1.29 is 14.1 Å². The second kappa shape index (κ2) is 6.01. The van der Waals surface area contributed by atoms with Crippen LogP contribution < -0.4 is 5.32 Å². The third kappa shape index (κ3) is 3.25. The molecule has 1 aromatic carbocycles. The molecule has 5 nitrogen and oxygen atoms in total. The summed E-state index contributed by atoms with van der Waals surface area (Å²) in [6.07, 6.45) is 0.839. The highest BCUT2D eigenvalue weighted by Crippen LogP contribution is 2.25. The van der Waals surface area contributed by atoms with Crippen molar-refractivity contribution in [1.82, 2.24) is 0 Å². The average molecular weight is 308 g/mol. The zero-order chi connectivity index (χ0) is 15.6. The van der Waals surface area contributed by atoms with Gasteiger partial charge in [0.1, 0.15) is 0 Å². The Hall–Kier alpha value is -2.28. The van der Waals surface area contributed by atoms with Crippen LogP contribution in [-0.2, 0) is 6.42 Å². The lowest BCUT2D eigenvalue weighted by Gasteiger charge is -2.03. The lowest BCUT2D eigenvalue weighted by molar-refractivity contribution is -0.387. The molecule has 2 aromatic rings. The van der Waals surface area contributed by atoms with E-state index in [1.165, 1.54) is 17.4 Å². The van der Waals surface area contributed by atoms with Crippen LogP contribution in [0.4, 0.5) is 15.8 Å². The molecular formula is C14H13FN2O3S. The molecule has 1 N–H and O–H groups in total. The third-order valence-corrected chi connectivity index (χ3v) is 4.35. The molecule has 1 heterocycles. The third-order valence-electron chi connectivity index (χ3n) is 2.97. The Bertz CT molecular complexity index is 712. The van der Waals surface area contributed by atoms with Crippen LogP contribution in [0.1, 0.15) is 27.0 Å². The maximum Gasteiger partial charge on any atom is 0.306 e. The molecule has 0 saturated heterocycles. The molecule has 7 heteroatoms. The van der Waals surface area contributed by atoms with Crippen molar-refractivity contribution in [3.8, 4) is 0 Å². The summed E-state index contributed by atoms with van der Waals surface area (Å²) in [4.78, 5) is 23.6. The first-order valence-corrected chi connectivity index (χ1v) is 7.08. The van der Waals surface area contributed by atoms with Crippen LogP contribution >= 0.6 is 11.3 Å². The number of amides is 1. The summed E-state index contributed by atoms with van der Waals surface area (Å²) in [5.41, 5.74) is 0.569. The smallest absolute Gasteiger partial charge is 0.306 e. The van der Waals surface area contributed by atoms with E-state index in [0.29, 0.717) is 4.88 Å². The van der Waals surface area contributed by atoms with Crippen molar-refractivity contribution in [2.45, 2.75) is 20.3 Å². The van der Waals surface area contributed by atoms with E-state index in [4.69, 9.17) is 0 Å². The summed E-state index contributed by atoms with van der Waals surface area (Å²) in [5.74, 6) is -1.29. The van der Waals surface area contributed by atoms with Gasteiger partial charge in [0.25, 0.3) is 5.91 Å². The number of hydrogen-bond donors (Lipinski definition) is 1. The molecule has 0 fully saturated rings. The van der Waals surface area contributed by atoms with E-state index in [2.05, 4.69) is 5.32 Å². The highest BCUT2D eigenvalue weighted by Gasteiger charge is 2.17. The van der Waals surface area contributed by atoms with E-state index in [1.807, 2.05) is 13.8 Å². The van der Waals surface area contributed by atoms with Gasteiger partial charge in [-0.15, -0.1) is 11.3 Å². The van der Waals surface area contributed by atoms with Gasteiger partial charge in [-0.05, 0) is 37.1 Å². The Kier molecular flexibility index (Phi) is 4.32. The summed E-state index contributed by atoms with van der Waals surface area (Å²) in [6.45, 7) is 3.93. The maximum absolute atomic E-state index is 13.2. The zero-order valence-corrected chi connectivity index (χ0v) is 12.3. The number of rotatable bonds is 4. The number of carbonyl (C=O) groups is 1. The van der Waals surface area contributed by atoms with Crippen molar-refractivity contribution in [3.05, 3.63) is 55.5 Å². The fourth-order valence-electron chi connectivity index (χ4n) is 1.91. The molecule has 0 unspecified atom stereocenters. The molecule has 0 atom stereocenters. The topological polar surface area (TPSA) is 72.2 Å². The zero-order valence-electron chi connectivity index (χ0n) is 11.5. The fourth-order valence-corrected chi connectivity index (χ4v) is 2.91. The molecule has 0 aliphatic rings. The van der Waals surface area contributed by atoms with Crippen LogP contribution in [0, 0.1) is 22.9 Å². The monoisotopic (exact) mass is 308 g/mol. The van der Waals surface area contributed by atoms with Gasteiger partial charge in [0.05, 0.1) is 9.80 Å². The number of hydrogen-bond acceptors (Lipinski definition) is 4. The van der Waals surface area contributed by atoms with E-state index >= 15 is 0 Å². The second-order valence-electron chi connectivity index (χ2n) is 4.45. The normalized spacial score (nSPS) is 10.4. The van der Waals surface area contributed by atoms with Crippen LogP contribution in [0.5, 0.6) is 0 Å². The first kappa shape index (κ1) is 15.1. The Labute approximate surface area is 124 Å². The van der Waals surface area contributed by atoms with E-state index < -0.39 is 16.4 Å². The number of nitro groups is 1. The molecular weight excluding hydrogens is 295 g/mol. The van der Waals surface area contributed by atoms with Gasteiger partial charge in [-0.3, -0.25) is 14.9 Å². The summed E-state index contributed by atoms with van der Waals surface area (Å²) >= 11 is 1.38. The molecule has 0 aliphatic carbocycles. The van der Waals surface area contributed by atoms with Gasteiger partial charge >= 0.3 is 5.69 Å². The minimum absolute atomic E-state index is 0.192. The lowest BCUT2D eigenvalue weighted by Crippen LogP contribution is -2.10. The molecule has 0 spiro atoms. The number of benzene rings is 1. The van der Waals surface area contributed by atoms with Crippen LogP contribution in [0.2, 0.25) is 0 Å². The summed E-state index contributed by atoms with van der Waals surface area (Å²) in [7, 11) is 0. The molecule has 0 bridgehead atoms. The van der Waals surface area contributed by atoms with Crippen LogP contribution in [0.15, 0.2) is 24.3 Å². The predicted octanol–water partition coefficient (Wildman–Crippen LogP) is 3.92. The number of aryl methyl sites for hydroxylation is 2. The van der Waals surface area contributed by atoms with Gasteiger partial charge in [-0.1, -0.05) is 6.92 Å². The van der Waals surface area contributed by atoms with Crippen LogP contribution in [0.25, 0.3) is 0 Å². The highest BCUT2D eigenvalue weighted by atomic mass is 32.1. The largest absolute Gasteiger partial charge is 0.321 e. The van der Waals surface area contributed by atoms with Crippen molar-refractivity contribution >= 4 is 28.6 Å². The summed E-state index contributed by atoms with van der Waals surface area (Å²) in [5, 5.41) is 13.2. The van der Waals surface area contributed by atoms with Crippen molar-refractivity contribution in [2.75, 3.05) is 5.32 Å². The van der Waals surface area contributed by atoms with E-state index in [-0.39, 0.29) is 11.6 Å². The minimum Gasteiger partial charge on any atom is -0.321 e. The molecule has 1 amide bonds. The van der Waals surface area contributed by atoms with Crippen molar-refractivity contribution in [3.63, 3.8) is 0 Å². The number of nitrogens with zero attached hydrogens (tertiary/aromatic N) is 1. The number of carbonyl (C=O) groups excluding carboxylic acids is 1. The minimum atomic E-state index is -0.932. The molecule has 21 heavy (non-hydrogen) atoms. The Morgan fingerprint density at radius 1 is 1.43 bits per heavy atom. The summed E-state index contributed by atoms with van der Waals surface area (Å²) in [6, 6.07) is 5.04. The number of thiophene rings is 1. The average Bonchev–Trinajstić information content (AvgIpc) is 2.82. The van der Waals surface area contributed by atoms with Crippen LogP contribution in [0.3, 0.4) is 0 Å². The Balaban J connectivity index is 2.23. The standard InChI is InChI=1S/C14H13FN2O3S/c1-3-12-8(2)6-13(21-12)14(18)16-9-4-5-10(15)11(7-9)17(19)20/h4-7H,3H2,1-2H3,(H,16,18). The Morgan fingerprint density at radius 2 is 2.14 bits per heavy atom. The first-order chi connectivity index (χ1) is 9.92. The molecule has 0 aliphatic heterocycles. The molecule has 110 valence electrons. The van der Waals surface area contributed by atoms with Gasteiger partial charge in [-0.2, -0.15) is 4.39 Å². The van der Waals surface area contributed by atoms with E-state index in [9.17, 15) is 19.3 Å². The second-order valence-corrected chi connectivity index (χ2v) is 5.58. The highest BCUT2D eigenvalue weighted by molar-refractivity contribution is 7.14. The Morgan fingerprint density at radius 3 is 2.71 bits per heavy atom. The number of nitro benzene ring substituents is 1. The number of nitrogens with one attached hydrogen (secondary N) is 1. The van der Waals surface area contributed by atoms with Crippen molar-refractivity contribution in [2.24, 2.45) is 0 Å². The lowest BCUT2D eigenvalue weighted by atomic mass is 10.2. The number of halogens is 1. The van der Waals surface area contributed by atoms with Gasteiger partial charge in [0.2, 0.25) is 5.82 Å². The van der Waals surface area contributed by atoms with Crippen LogP contribution in [-0.4, -0.2) is 10.8 Å². The van der Waals surface area contributed by atoms with Crippen molar-refractivity contribution in [1.29, 1.82) is 0 Å². The maximum atomic E-state index is 13.2. The molecule has 2 rings (SSSR count). The van der Waals surface area contributed by atoms with Gasteiger partial charge in [-0.25, -0.2) is 0 Å². The fraction of sp³-hybridized carbons (Fsp3) is 0.214. The van der Waals surface area contributed by atoms with Gasteiger partial charge in [0, 0.05) is 16.6 Å². The SMILES string of the molecule is CCc1sc(C(=O)Nc2ccc(F)c([N+](=O)[O-])c2)cc1C. The molecule has 1 aromatic heterocycles. The first-order valence-electron chi connectivity index (χ1n) is 6.27. The number of anilines is 1. The quantitative estimate of drug-likeness (QED) is 0.687. The van der Waals surface area contributed by atoms with E-state index in [1.54, 1.807) is 6.07 Å². The summed E-state index contributed by atoms with van der Waals surface area (Å²) < 4.78 is 13.2. The van der Waals surface area contributed by atoms with Gasteiger partial charge in [0.15, 0.2) is 0 Å². The van der Waals surface area contributed by atoms with Gasteiger partial charge < -0.3 is 5.32 Å². The predicted molar refractivity (Wildman–Crippen MR) is 79.4 cm³/mol.